The minimum absolute atomic E-state index is 0.00340. The maximum Gasteiger partial charge on any atom is 0.319 e. The molecule has 2 N–H and O–H groups in total. The molecule has 138 valence electrons. The molecule has 1 aromatic carbocycles. The molecular weight excluding hydrogens is 320 g/mol. The van der Waals surface area contributed by atoms with Crippen molar-refractivity contribution in [2.24, 2.45) is 5.92 Å². The van der Waals surface area contributed by atoms with Crippen molar-refractivity contribution in [1.29, 1.82) is 0 Å². The second-order valence-electron chi connectivity index (χ2n) is 7.39. The van der Waals surface area contributed by atoms with Gasteiger partial charge >= 0.3 is 6.03 Å². The van der Waals surface area contributed by atoms with E-state index >= 15 is 0 Å². The molecule has 1 fully saturated rings. The molecule has 25 heavy (non-hydrogen) atoms. The Balaban J connectivity index is 2.00. The van der Waals surface area contributed by atoms with Crippen molar-refractivity contribution in [3.05, 3.63) is 33.9 Å². The Morgan fingerprint density at radius 3 is 2.76 bits per heavy atom. The predicted molar refractivity (Wildman–Crippen MR) is 98.9 cm³/mol. The van der Waals surface area contributed by atoms with Gasteiger partial charge in [0.1, 0.15) is 0 Å². The van der Waals surface area contributed by atoms with Crippen LogP contribution in [-0.2, 0) is 0 Å². The van der Waals surface area contributed by atoms with Crippen molar-refractivity contribution < 1.29 is 9.72 Å². The quantitative estimate of drug-likeness (QED) is 0.629. The van der Waals surface area contributed by atoms with Gasteiger partial charge in [-0.25, -0.2) is 4.79 Å². The van der Waals surface area contributed by atoms with Crippen LogP contribution in [0, 0.1) is 23.0 Å². The minimum Gasteiger partial charge on any atom is -0.336 e. The van der Waals surface area contributed by atoms with Crippen LogP contribution in [0.4, 0.5) is 16.2 Å². The van der Waals surface area contributed by atoms with Crippen LogP contribution in [-0.4, -0.2) is 42.0 Å². The van der Waals surface area contributed by atoms with Gasteiger partial charge in [0.15, 0.2) is 0 Å². The SMILES string of the molecule is Cc1ccc(NC(=O)NC[C@@]2(N(C)C)CCC[C@H](C)C2)cc1[N+](=O)[O-]. The molecule has 2 rings (SSSR count). The first kappa shape index (κ1) is 19.2. The van der Waals surface area contributed by atoms with Gasteiger partial charge in [0.05, 0.1) is 4.92 Å². The molecule has 2 amide bonds. The lowest BCUT2D eigenvalue weighted by Crippen LogP contribution is -2.55. The van der Waals surface area contributed by atoms with Gasteiger partial charge in [-0.1, -0.05) is 25.8 Å². The van der Waals surface area contributed by atoms with Crippen molar-refractivity contribution in [3.63, 3.8) is 0 Å². The molecule has 0 aromatic heterocycles. The van der Waals surface area contributed by atoms with Crippen LogP contribution in [0.3, 0.4) is 0 Å². The zero-order valence-corrected chi connectivity index (χ0v) is 15.5. The van der Waals surface area contributed by atoms with E-state index in [0.29, 0.717) is 23.7 Å². The number of carbonyl (C=O) groups is 1. The first-order valence-electron chi connectivity index (χ1n) is 8.71. The molecule has 1 saturated carbocycles. The number of urea groups is 1. The standard InChI is InChI=1S/C18H28N4O3/c1-13-6-5-9-18(11-13,21(3)4)12-19-17(23)20-15-8-7-14(2)16(10-15)22(24)25/h7-8,10,13H,5-6,9,11-12H2,1-4H3,(H2,19,20,23)/t13-,18+/m0/s1. The Labute approximate surface area is 148 Å². The fourth-order valence-electron chi connectivity index (χ4n) is 3.66. The first-order valence-corrected chi connectivity index (χ1v) is 8.71. The summed E-state index contributed by atoms with van der Waals surface area (Å²) < 4.78 is 0. The second-order valence-corrected chi connectivity index (χ2v) is 7.39. The molecule has 0 heterocycles. The van der Waals surface area contributed by atoms with Crippen molar-refractivity contribution in [3.8, 4) is 0 Å². The van der Waals surface area contributed by atoms with E-state index in [1.165, 1.54) is 12.5 Å². The topological polar surface area (TPSA) is 87.5 Å². The first-order chi connectivity index (χ1) is 11.7. The highest BCUT2D eigenvalue weighted by Gasteiger charge is 2.37. The molecule has 0 saturated heterocycles. The highest BCUT2D eigenvalue weighted by Crippen LogP contribution is 2.35. The fraction of sp³-hybridized carbons (Fsp3) is 0.611. The monoisotopic (exact) mass is 348 g/mol. The van der Waals surface area contributed by atoms with E-state index in [1.807, 2.05) is 0 Å². The highest BCUT2D eigenvalue weighted by molar-refractivity contribution is 5.89. The highest BCUT2D eigenvalue weighted by atomic mass is 16.6. The Hall–Kier alpha value is -2.15. The third-order valence-corrected chi connectivity index (χ3v) is 5.26. The van der Waals surface area contributed by atoms with E-state index in [-0.39, 0.29) is 17.3 Å². The molecule has 0 unspecified atom stereocenters. The number of rotatable bonds is 5. The summed E-state index contributed by atoms with van der Waals surface area (Å²) >= 11 is 0. The number of likely N-dealkylation sites (N-methyl/N-ethyl adjacent to an activating group) is 1. The van der Waals surface area contributed by atoms with E-state index in [2.05, 4.69) is 36.6 Å². The molecule has 0 aliphatic heterocycles. The molecule has 1 aliphatic carbocycles. The van der Waals surface area contributed by atoms with Gasteiger partial charge in [-0.3, -0.25) is 10.1 Å². The van der Waals surface area contributed by atoms with Gasteiger partial charge in [-0.05, 0) is 45.8 Å². The average Bonchev–Trinajstić information content (AvgIpc) is 2.54. The number of nitrogens with one attached hydrogen (secondary N) is 2. The maximum atomic E-state index is 12.3. The molecule has 7 heteroatoms. The number of hydrogen-bond donors (Lipinski definition) is 2. The molecule has 1 aliphatic rings. The summed E-state index contributed by atoms with van der Waals surface area (Å²) in [6.07, 6.45) is 4.50. The fourth-order valence-corrected chi connectivity index (χ4v) is 3.66. The summed E-state index contributed by atoms with van der Waals surface area (Å²) in [5, 5.41) is 16.7. The number of nitro groups is 1. The number of hydrogen-bond acceptors (Lipinski definition) is 4. The van der Waals surface area contributed by atoms with Crippen LogP contribution in [0.25, 0.3) is 0 Å². The van der Waals surface area contributed by atoms with Gasteiger partial charge in [0.2, 0.25) is 0 Å². The number of nitrogens with zero attached hydrogens (tertiary/aromatic N) is 2. The number of amides is 2. The van der Waals surface area contributed by atoms with Crippen LogP contribution < -0.4 is 10.6 Å². The van der Waals surface area contributed by atoms with Gasteiger partial charge in [-0.2, -0.15) is 0 Å². The number of nitro benzene ring substituents is 1. The lowest BCUT2D eigenvalue weighted by Gasteiger charge is -2.45. The van der Waals surface area contributed by atoms with Crippen LogP contribution in [0.5, 0.6) is 0 Å². The van der Waals surface area contributed by atoms with Crippen LogP contribution in [0.15, 0.2) is 18.2 Å². The van der Waals surface area contributed by atoms with Crippen molar-refractivity contribution in [1.82, 2.24) is 10.2 Å². The zero-order chi connectivity index (χ0) is 18.6. The van der Waals surface area contributed by atoms with Crippen LogP contribution in [0.2, 0.25) is 0 Å². The van der Waals surface area contributed by atoms with E-state index in [1.54, 1.807) is 19.1 Å². The van der Waals surface area contributed by atoms with E-state index in [0.717, 1.165) is 19.3 Å². The molecule has 0 bridgehead atoms. The Morgan fingerprint density at radius 1 is 1.44 bits per heavy atom. The summed E-state index contributed by atoms with van der Waals surface area (Å²) in [5.41, 5.74) is 0.960. The van der Waals surface area contributed by atoms with E-state index in [4.69, 9.17) is 0 Å². The van der Waals surface area contributed by atoms with Gasteiger partial charge in [0.25, 0.3) is 5.69 Å². The van der Waals surface area contributed by atoms with Crippen molar-refractivity contribution in [2.45, 2.75) is 45.1 Å². The van der Waals surface area contributed by atoms with Crippen molar-refractivity contribution in [2.75, 3.05) is 26.0 Å². The largest absolute Gasteiger partial charge is 0.336 e. The summed E-state index contributed by atoms with van der Waals surface area (Å²) in [6, 6.07) is 4.36. The molecule has 0 spiro atoms. The summed E-state index contributed by atoms with van der Waals surface area (Å²) in [6.45, 7) is 4.49. The molecule has 1 aromatic rings. The van der Waals surface area contributed by atoms with Crippen molar-refractivity contribution >= 4 is 17.4 Å². The second kappa shape index (κ2) is 7.82. The lowest BCUT2D eigenvalue weighted by molar-refractivity contribution is -0.385. The maximum absolute atomic E-state index is 12.3. The van der Waals surface area contributed by atoms with Gasteiger partial charge < -0.3 is 15.5 Å². The zero-order valence-electron chi connectivity index (χ0n) is 15.5. The summed E-state index contributed by atoms with van der Waals surface area (Å²) in [5.74, 6) is 0.640. The lowest BCUT2D eigenvalue weighted by atomic mass is 9.75. The number of aryl methyl sites for hydroxylation is 1. The van der Waals surface area contributed by atoms with E-state index < -0.39 is 4.92 Å². The minimum atomic E-state index is -0.442. The molecular formula is C18H28N4O3. The Bertz CT molecular complexity index is 647. The van der Waals surface area contributed by atoms with Crippen LogP contribution >= 0.6 is 0 Å². The summed E-state index contributed by atoms with van der Waals surface area (Å²) in [4.78, 5) is 25.0. The number of carbonyl (C=O) groups excluding carboxylic acids is 1. The molecule has 0 radical (unpaired) electrons. The van der Waals surface area contributed by atoms with Gasteiger partial charge in [0, 0.05) is 29.4 Å². The Kier molecular flexibility index (Phi) is 6.00. The van der Waals surface area contributed by atoms with E-state index in [9.17, 15) is 14.9 Å². The molecule has 7 nitrogen and oxygen atoms in total. The molecule has 2 atom stereocenters. The normalized spacial score (nSPS) is 23.3. The smallest absolute Gasteiger partial charge is 0.319 e. The predicted octanol–water partition coefficient (Wildman–Crippen LogP) is 3.54. The number of anilines is 1. The third kappa shape index (κ3) is 4.69. The van der Waals surface area contributed by atoms with Crippen LogP contribution in [0.1, 0.15) is 38.2 Å². The Morgan fingerprint density at radius 2 is 2.16 bits per heavy atom. The van der Waals surface area contributed by atoms with Gasteiger partial charge in [-0.15, -0.1) is 0 Å². The third-order valence-electron chi connectivity index (χ3n) is 5.26. The average molecular weight is 348 g/mol. The number of benzene rings is 1. The summed E-state index contributed by atoms with van der Waals surface area (Å²) in [7, 11) is 4.11.